The van der Waals surface area contributed by atoms with Crippen LogP contribution in [0.2, 0.25) is 10.0 Å². The largest absolute Gasteiger partial charge is 0.396 e. The highest BCUT2D eigenvalue weighted by molar-refractivity contribution is 7.80. The number of benzene rings is 2. The summed E-state index contributed by atoms with van der Waals surface area (Å²) in [7, 11) is 0. The number of nitrogens with two attached hydrogens (primary N) is 1. The molecular weight excluding hydrogens is 373 g/mol. The van der Waals surface area contributed by atoms with Crippen molar-refractivity contribution in [3.63, 3.8) is 0 Å². The summed E-state index contributed by atoms with van der Waals surface area (Å²) < 4.78 is 0. The minimum Gasteiger partial charge on any atom is -0.396 e. The highest BCUT2D eigenvalue weighted by Gasteiger charge is 2.12. The van der Waals surface area contributed by atoms with Crippen LogP contribution >= 0.6 is 35.4 Å². The Morgan fingerprint density at radius 1 is 0.960 bits per heavy atom. The highest BCUT2D eigenvalue weighted by Crippen LogP contribution is 2.28. The molecule has 0 aliphatic rings. The molecule has 2 aromatic carbocycles. The molecule has 6 heteroatoms. The van der Waals surface area contributed by atoms with Gasteiger partial charge in [-0.15, -0.1) is 0 Å². The monoisotopic (exact) mass is 395 g/mol. The van der Waals surface area contributed by atoms with Crippen molar-refractivity contribution in [2.24, 2.45) is 0 Å². The lowest BCUT2D eigenvalue weighted by molar-refractivity contribution is 0.590. The summed E-state index contributed by atoms with van der Waals surface area (Å²) in [5.41, 5.74) is 9.70. The SMILES string of the molecule is CC(C)(C)c1ccc(CNC(=S)NCc2cc(Cl)c(N)c(Cl)c2)cc1. The average Bonchev–Trinajstić information content (AvgIpc) is 2.55. The second-order valence-corrected chi connectivity index (χ2v) is 8.18. The summed E-state index contributed by atoms with van der Waals surface area (Å²) in [5.74, 6) is 0. The molecule has 25 heavy (non-hydrogen) atoms. The first kappa shape index (κ1) is 19.8. The third kappa shape index (κ3) is 5.77. The van der Waals surface area contributed by atoms with Gasteiger partial charge in [-0.05, 0) is 46.5 Å². The molecule has 0 radical (unpaired) electrons. The van der Waals surface area contributed by atoms with Crippen molar-refractivity contribution in [2.75, 3.05) is 5.73 Å². The van der Waals surface area contributed by atoms with Crippen molar-refractivity contribution >= 4 is 46.2 Å². The number of hydrogen-bond donors (Lipinski definition) is 3. The topological polar surface area (TPSA) is 50.1 Å². The highest BCUT2D eigenvalue weighted by atomic mass is 35.5. The van der Waals surface area contributed by atoms with Crippen LogP contribution in [0, 0.1) is 0 Å². The molecule has 4 N–H and O–H groups in total. The number of nitrogens with one attached hydrogen (secondary N) is 2. The fourth-order valence-corrected chi connectivity index (χ4v) is 2.97. The van der Waals surface area contributed by atoms with Gasteiger partial charge in [0.15, 0.2) is 5.11 Å². The normalized spacial score (nSPS) is 11.2. The van der Waals surface area contributed by atoms with Crippen molar-refractivity contribution in [1.29, 1.82) is 0 Å². The van der Waals surface area contributed by atoms with Crippen LogP contribution in [-0.4, -0.2) is 5.11 Å². The van der Waals surface area contributed by atoms with E-state index in [1.54, 1.807) is 12.1 Å². The van der Waals surface area contributed by atoms with Gasteiger partial charge in [-0.2, -0.15) is 0 Å². The lowest BCUT2D eigenvalue weighted by atomic mass is 9.87. The second kappa shape index (κ2) is 8.26. The Morgan fingerprint density at radius 3 is 1.92 bits per heavy atom. The van der Waals surface area contributed by atoms with Crippen LogP contribution in [0.3, 0.4) is 0 Å². The van der Waals surface area contributed by atoms with E-state index in [1.807, 2.05) is 0 Å². The van der Waals surface area contributed by atoms with Crippen LogP contribution in [0.25, 0.3) is 0 Å². The molecule has 2 aromatic rings. The molecule has 0 saturated heterocycles. The molecule has 0 aliphatic heterocycles. The van der Waals surface area contributed by atoms with Gasteiger partial charge in [-0.25, -0.2) is 0 Å². The summed E-state index contributed by atoms with van der Waals surface area (Å²) in [6, 6.07) is 12.1. The molecule has 0 bridgehead atoms. The quantitative estimate of drug-likeness (QED) is 0.501. The second-order valence-electron chi connectivity index (χ2n) is 6.96. The van der Waals surface area contributed by atoms with Crippen LogP contribution in [0.4, 0.5) is 5.69 Å². The summed E-state index contributed by atoms with van der Waals surface area (Å²) in [5, 5.41) is 7.80. The molecule has 0 atom stereocenters. The van der Waals surface area contributed by atoms with Gasteiger partial charge in [0.2, 0.25) is 0 Å². The van der Waals surface area contributed by atoms with Gasteiger partial charge in [-0.3, -0.25) is 0 Å². The van der Waals surface area contributed by atoms with E-state index in [-0.39, 0.29) is 5.41 Å². The molecule has 0 fully saturated rings. The predicted molar refractivity (Wildman–Crippen MR) is 112 cm³/mol. The molecule has 134 valence electrons. The number of rotatable bonds is 4. The predicted octanol–water partition coefficient (Wildman–Crippen LogP) is 5.04. The van der Waals surface area contributed by atoms with Gasteiger partial charge >= 0.3 is 0 Å². The van der Waals surface area contributed by atoms with Crippen LogP contribution in [0.1, 0.15) is 37.5 Å². The van der Waals surface area contributed by atoms with Crippen LogP contribution in [-0.2, 0) is 18.5 Å². The van der Waals surface area contributed by atoms with Gasteiger partial charge < -0.3 is 16.4 Å². The number of thiocarbonyl (C=S) groups is 1. The minimum absolute atomic E-state index is 0.157. The molecule has 0 aromatic heterocycles. The van der Waals surface area contributed by atoms with E-state index < -0.39 is 0 Å². The molecule has 0 amide bonds. The molecule has 0 saturated carbocycles. The number of anilines is 1. The summed E-state index contributed by atoms with van der Waals surface area (Å²) >= 11 is 17.4. The maximum Gasteiger partial charge on any atom is 0.166 e. The Balaban J connectivity index is 1.85. The van der Waals surface area contributed by atoms with E-state index in [0.717, 1.165) is 5.56 Å². The fourth-order valence-electron chi connectivity index (χ4n) is 2.29. The average molecular weight is 396 g/mol. The number of nitrogen functional groups attached to an aromatic ring is 1. The lowest BCUT2D eigenvalue weighted by Gasteiger charge is -2.19. The summed E-state index contributed by atoms with van der Waals surface area (Å²) in [6.45, 7) is 7.80. The van der Waals surface area contributed by atoms with Gasteiger partial charge in [0.25, 0.3) is 0 Å². The minimum atomic E-state index is 0.157. The third-order valence-corrected chi connectivity index (χ3v) is 4.78. The number of hydrogen-bond acceptors (Lipinski definition) is 2. The van der Waals surface area contributed by atoms with Crippen LogP contribution in [0.15, 0.2) is 36.4 Å². The lowest BCUT2D eigenvalue weighted by Crippen LogP contribution is -2.34. The van der Waals surface area contributed by atoms with E-state index in [4.69, 9.17) is 41.2 Å². The van der Waals surface area contributed by atoms with E-state index >= 15 is 0 Å². The van der Waals surface area contributed by atoms with Gasteiger partial charge in [-0.1, -0.05) is 68.2 Å². The first-order valence-electron chi connectivity index (χ1n) is 8.01. The van der Waals surface area contributed by atoms with Crippen molar-refractivity contribution < 1.29 is 0 Å². The Kier molecular flexibility index (Phi) is 6.55. The van der Waals surface area contributed by atoms with Gasteiger partial charge in [0, 0.05) is 13.1 Å². The molecule has 0 spiro atoms. The first-order chi connectivity index (χ1) is 11.7. The van der Waals surface area contributed by atoms with E-state index in [0.29, 0.717) is 33.9 Å². The molecule has 2 rings (SSSR count). The van der Waals surface area contributed by atoms with Gasteiger partial charge in [0.05, 0.1) is 15.7 Å². The smallest absolute Gasteiger partial charge is 0.166 e. The molecule has 0 heterocycles. The van der Waals surface area contributed by atoms with E-state index in [1.165, 1.54) is 11.1 Å². The Hall–Kier alpha value is -1.49. The summed E-state index contributed by atoms with van der Waals surface area (Å²) in [6.07, 6.45) is 0. The standard InChI is InChI=1S/C19H23Cl2N3S/c1-19(2,3)14-6-4-12(5-7-14)10-23-18(25)24-11-13-8-15(20)17(22)16(21)9-13/h4-9H,10-11,22H2,1-3H3,(H2,23,24,25). The fraction of sp³-hybridized carbons (Fsp3) is 0.316. The molecule has 0 aliphatic carbocycles. The summed E-state index contributed by atoms with van der Waals surface area (Å²) in [4.78, 5) is 0. The maximum absolute atomic E-state index is 6.03. The van der Waals surface area contributed by atoms with Crippen LogP contribution < -0.4 is 16.4 Å². The zero-order chi connectivity index (χ0) is 18.6. The zero-order valence-corrected chi connectivity index (χ0v) is 16.9. The Morgan fingerprint density at radius 2 is 1.44 bits per heavy atom. The van der Waals surface area contributed by atoms with E-state index in [9.17, 15) is 0 Å². The van der Waals surface area contributed by atoms with Gasteiger partial charge in [0.1, 0.15) is 0 Å². The third-order valence-electron chi connectivity index (χ3n) is 3.86. The number of halogens is 2. The molecule has 3 nitrogen and oxygen atoms in total. The molecule has 0 unspecified atom stereocenters. The molecular formula is C19H23Cl2N3S. The van der Waals surface area contributed by atoms with E-state index in [2.05, 4.69) is 55.7 Å². The van der Waals surface area contributed by atoms with Crippen molar-refractivity contribution in [3.8, 4) is 0 Å². The van der Waals surface area contributed by atoms with Crippen molar-refractivity contribution in [1.82, 2.24) is 10.6 Å². The maximum atomic E-state index is 6.03. The van der Waals surface area contributed by atoms with Crippen molar-refractivity contribution in [2.45, 2.75) is 39.3 Å². The first-order valence-corrected chi connectivity index (χ1v) is 9.18. The van der Waals surface area contributed by atoms with Crippen LogP contribution in [0.5, 0.6) is 0 Å². The zero-order valence-electron chi connectivity index (χ0n) is 14.6. The van der Waals surface area contributed by atoms with Crippen molar-refractivity contribution in [3.05, 3.63) is 63.1 Å². The Bertz CT molecular complexity index is 729. The Labute approximate surface area is 164 Å².